The highest BCUT2D eigenvalue weighted by Crippen LogP contribution is 2.21. The maximum atomic E-state index is 12.7. The van der Waals surface area contributed by atoms with Crippen LogP contribution < -0.4 is 5.73 Å². The van der Waals surface area contributed by atoms with Gasteiger partial charge in [0.05, 0.1) is 22.1 Å². The first kappa shape index (κ1) is 15.5. The number of amides is 2. The van der Waals surface area contributed by atoms with Crippen LogP contribution >= 0.6 is 0 Å². The van der Waals surface area contributed by atoms with Crippen molar-refractivity contribution in [3.05, 3.63) is 48.0 Å². The third-order valence-corrected chi connectivity index (χ3v) is 4.77. The van der Waals surface area contributed by atoms with Gasteiger partial charge in [0.25, 0.3) is 5.91 Å². The number of hydrogen-bond donors (Lipinski definition) is 1. The number of hydrogen-bond acceptors (Lipinski definition) is 4. The van der Waals surface area contributed by atoms with Crippen molar-refractivity contribution in [2.24, 2.45) is 11.7 Å². The van der Waals surface area contributed by atoms with Crippen LogP contribution in [0.15, 0.2) is 42.5 Å². The summed E-state index contributed by atoms with van der Waals surface area (Å²) in [7, 11) is 0. The fraction of sp³-hybridized carbons (Fsp3) is 0.263. The molecule has 1 aliphatic heterocycles. The van der Waals surface area contributed by atoms with E-state index in [1.54, 1.807) is 17.0 Å². The Kier molecular flexibility index (Phi) is 3.80. The summed E-state index contributed by atoms with van der Waals surface area (Å²) in [4.78, 5) is 35.0. The number of benzene rings is 2. The van der Waals surface area contributed by atoms with E-state index in [-0.39, 0.29) is 17.7 Å². The summed E-state index contributed by atoms with van der Waals surface area (Å²) in [6.07, 6.45) is 1.25. The number of rotatable bonds is 2. The Morgan fingerprint density at radius 2 is 1.52 bits per heavy atom. The van der Waals surface area contributed by atoms with Gasteiger partial charge in [-0.1, -0.05) is 12.1 Å². The van der Waals surface area contributed by atoms with Gasteiger partial charge in [-0.25, -0.2) is 9.97 Å². The Bertz CT molecular complexity index is 977. The molecule has 0 aliphatic carbocycles. The summed E-state index contributed by atoms with van der Waals surface area (Å²) in [5.41, 5.74) is 9.06. The van der Waals surface area contributed by atoms with Gasteiger partial charge in [0.15, 0.2) is 0 Å². The van der Waals surface area contributed by atoms with Crippen LogP contribution in [-0.2, 0) is 4.79 Å². The Morgan fingerprint density at radius 1 is 0.920 bits per heavy atom. The van der Waals surface area contributed by atoms with Crippen molar-refractivity contribution >= 4 is 33.9 Å². The van der Waals surface area contributed by atoms with Crippen LogP contribution in [0.3, 0.4) is 0 Å². The first-order valence-electron chi connectivity index (χ1n) is 8.37. The number of nitrogens with two attached hydrogens (primary N) is 1. The Hall–Kier alpha value is -3.02. The summed E-state index contributed by atoms with van der Waals surface area (Å²) in [6, 6.07) is 13.1. The van der Waals surface area contributed by atoms with Gasteiger partial charge in [0.2, 0.25) is 5.91 Å². The second-order valence-electron chi connectivity index (χ2n) is 6.38. The summed E-state index contributed by atoms with van der Waals surface area (Å²) in [5, 5.41) is 0. The van der Waals surface area contributed by atoms with E-state index in [4.69, 9.17) is 5.73 Å². The van der Waals surface area contributed by atoms with Crippen molar-refractivity contribution < 1.29 is 9.59 Å². The van der Waals surface area contributed by atoms with Crippen LogP contribution in [0.25, 0.3) is 22.1 Å². The molecule has 2 aromatic carbocycles. The van der Waals surface area contributed by atoms with E-state index in [0.717, 1.165) is 16.6 Å². The molecule has 2 heterocycles. The molecule has 1 aliphatic rings. The zero-order chi connectivity index (χ0) is 17.4. The Morgan fingerprint density at radius 3 is 2.16 bits per heavy atom. The Balaban J connectivity index is 1.61. The zero-order valence-corrected chi connectivity index (χ0v) is 13.7. The molecule has 6 heteroatoms. The van der Waals surface area contributed by atoms with E-state index in [1.807, 2.05) is 30.3 Å². The number of fused-ring (bicyclic) bond motifs is 2. The number of likely N-dealkylation sites (tertiary alicyclic amines) is 1. The molecule has 0 spiro atoms. The summed E-state index contributed by atoms with van der Waals surface area (Å²) >= 11 is 0. The van der Waals surface area contributed by atoms with Crippen LogP contribution in [0, 0.1) is 5.92 Å². The first-order chi connectivity index (χ1) is 12.1. The monoisotopic (exact) mass is 334 g/mol. The van der Waals surface area contributed by atoms with Crippen LogP contribution in [0.1, 0.15) is 23.2 Å². The largest absolute Gasteiger partial charge is 0.369 e. The lowest BCUT2D eigenvalue weighted by Crippen LogP contribution is -2.41. The van der Waals surface area contributed by atoms with E-state index < -0.39 is 0 Å². The number of para-hydroxylation sites is 2. The normalized spacial score (nSPS) is 15.6. The number of primary amides is 1. The molecule has 1 saturated heterocycles. The molecule has 0 radical (unpaired) electrons. The van der Waals surface area contributed by atoms with E-state index in [9.17, 15) is 9.59 Å². The number of carbonyl (C=O) groups is 2. The maximum absolute atomic E-state index is 12.7. The highest BCUT2D eigenvalue weighted by Gasteiger charge is 2.26. The minimum absolute atomic E-state index is 0.0419. The zero-order valence-electron chi connectivity index (χ0n) is 13.7. The lowest BCUT2D eigenvalue weighted by molar-refractivity contribution is -0.123. The fourth-order valence-electron chi connectivity index (χ4n) is 3.30. The quantitative estimate of drug-likeness (QED) is 0.727. The molecule has 25 heavy (non-hydrogen) atoms. The predicted molar refractivity (Wildman–Crippen MR) is 94.9 cm³/mol. The smallest absolute Gasteiger partial charge is 0.253 e. The van der Waals surface area contributed by atoms with Gasteiger partial charge in [-0.2, -0.15) is 0 Å². The fourth-order valence-corrected chi connectivity index (χ4v) is 3.30. The number of piperidine rings is 1. The van der Waals surface area contributed by atoms with Gasteiger partial charge in [-0.15, -0.1) is 0 Å². The summed E-state index contributed by atoms with van der Waals surface area (Å²) in [6.45, 7) is 1.10. The topological polar surface area (TPSA) is 89.2 Å². The highest BCUT2D eigenvalue weighted by molar-refractivity contribution is 5.98. The average Bonchev–Trinajstić information content (AvgIpc) is 2.65. The van der Waals surface area contributed by atoms with Gasteiger partial charge < -0.3 is 10.6 Å². The van der Waals surface area contributed by atoms with E-state index >= 15 is 0 Å². The second-order valence-corrected chi connectivity index (χ2v) is 6.38. The van der Waals surface area contributed by atoms with Gasteiger partial charge >= 0.3 is 0 Å². The highest BCUT2D eigenvalue weighted by atomic mass is 16.2. The second kappa shape index (κ2) is 6.12. The molecule has 0 atom stereocenters. The van der Waals surface area contributed by atoms with Gasteiger partial charge in [0, 0.05) is 24.6 Å². The number of carbonyl (C=O) groups excluding carboxylic acids is 2. The van der Waals surface area contributed by atoms with Gasteiger partial charge in [0.1, 0.15) is 0 Å². The third-order valence-electron chi connectivity index (χ3n) is 4.77. The van der Waals surface area contributed by atoms with Crippen LogP contribution in [0.5, 0.6) is 0 Å². The minimum Gasteiger partial charge on any atom is -0.369 e. The molecule has 4 rings (SSSR count). The van der Waals surface area contributed by atoms with Crippen molar-refractivity contribution in [2.75, 3.05) is 13.1 Å². The molecule has 2 amide bonds. The van der Waals surface area contributed by atoms with Crippen molar-refractivity contribution in [2.45, 2.75) is 12.8 Å². The molecule has 126 valence electrons. The van der Waals surface area contributed by atoms with Crippen molar-refractivity contribution in [3.8, 4) is 0 Å². The van der Waals surface area contributed by atoms with Crippen molar-refractivity contribution in [3.63, 3.8) is 0 Å². The van der Waals surface area contributed by atoms with Crippen LogP contribution in [-0.4, -0.2) is 39.8 Å². The molecular weight excluding hydrogens is 316 g/mol. The standard InChI is InChI=1S/C19H18N4O2/c20-18(24)12-7-9-23(10-8-12)19(25)13-5-6-16-17(11-13)22-15-4-2-1-3-14(15)21-16/h1-6,11-12H,7-10H2,(H2,20,24). The SMILES string of the molecule is NC(=O)C1CCN(C(=O)c2ccc3nc4ccccc4nc3c2)CC1. The third kappa shape index (κ3) is 2.91. The summed E-state index contributed by atoms with van der Waals surface area (Å²) in [5.74, 6) is -0.447. The molecule has 3 aromatic rings. The minimum atomic E-state index is -0.278. The lowest BCUT2D eigenvalue weighted by Gasteiger charge is -2.30. The van der Waals surface area contributed by atoms with Crippen molar-refractivity contribution in [1.82, 2.24) is 14.9 Å². The Labute approximate surface area is 144 Å². The van der Waals surface area contributed by atoms with E-state index in [2.05, 4.69) is 9.97 Å². The number of aromatic nitrogens is 2. The van der Waals surface area contributed by atoms with E-state index in [0.29, 0.717) is 37.0 Å². The maximum Gasteiger partial charge on any atom is 0.253 e. The predicted octanol–water partition coefficient (Wildman–Crippen LogP) is 2.12. The summed E-state index contributed by atoms with van der Waals surface area (Å²) < 4.78 is 0. The molecule has 1 aromatic heterocycles. The van der Waals surface area contributed by atoms with Crippen LogP contribution in [0.2, 0.25) is 0 Å². The molecule has 0 bridgehead atoms. The van der Waals surface area contributed by atoms with Gasteiger partial charge in [-0.3, -0.25) is 9.59 Å². The van der Waals surface area contributed by atoms with E-state index in [1.165, 1.54) is 0 Å². The first-order valence-corrected chi connectivity index (χ1v) is 8.37. The van der Waals surface area contributed by atoms with Crippen LogP contribution in [0.4, 0.5) is 0 Å². The molecule has 1 fully saturated rings. The average molecular weight is 334 g/mol. The van der Waals surface area contributed by atoms with Crippen molar-refractivity contribution in [1.29, 1.82) is 0 Å². The molecule has 0 unspecified atom stereocenters. The molecule has 2 N–H and O–H groups in total. The number of nitrogens with zero attached hydrogens (tertiary/aromatic N) is 3. The molecule has 0 saturated carbocycles. The van der Waals surface area contributed by atoms with Gasteiger partial charge in [-0.05, 0) is 43.2 Å². The lowest BCUT2D eigenvalue weighted by atomic mass is 9.96. The molecule has 6 nitrogen and oxygen atoms in total. The molecular formula is C19H18N4O2.